The van der Waals surface area contributed by atoms with Gasteiger partial charge in [-0.15, -0.1) is 0 Å². The Hall–Kier alpha value is -1.10. The molecule has 5 heteroatoms. The largest absolute Gasteiger partial charge is 0.481 e. The molecule has 2 heterocycles. The minimum absolute atomic E-state index is 0.0307. The summed E-state index contributed by atoms with van der Waals surface area (Å²) in [6, 6.07) is 0. The van der Waals surface area contributed by atoms with E-state index in [1.807, 2.05) is 6.92 Å². The molecule has 2 rings (SSSR count). The quantitative estimate of drug-likeness (QED) is 0.745. The summed E-state index contributed by atoms with van der Waals surface area (Å²) in [7, 11) is 0. The van der Waals surface area contributed by atoms with Crippen molar-refractivity contribution in [1.82, 2.24) is 4.90 Å². The standard InChI is InChI=1S/C11H17NO4/c1-11(2-4-16-5-3-11)12-7-8(10(14)15)6-9(12)13/h8H,2-7H2,1H3,(H,14,15). The number of rotatable bonds is 2. The number of amides is 1. The lowest BCUT2D eigenvalue weighted by Crippen LogP contribution is -2.50. The molecule has 5 nitrogen and oxygen atoms in total. The van der Waals surface area contributed by atoms with Gasteiger partial charge in [0, 0.05) is 31.7 Å². The number of nitrogens with zero attached hydrogens (tertiary/aromatic N) is 1. The van der Waals surface area contributed by atoms with E-state index >= 15 is 0 Å². The lowest BCUT2D eigenvalue weighted by molar-refractivity contribution is -0.141. The average Bonchev–Trinajstić information content (AvgIpc) is 2.62. The molecule has 90 valence electrons. The predicted octanol–water partition coefficient (Wildman–Crippen LogP) is 0.489. The molecule has 2 aliphatic heterocycles. The van der Waals surface area contributed by atoms with Crippen molar-refractivity contribution >= 4 is 11.9 Å². The lowest BCUT2D eigenvalue weighted by Gasteiger charge is -2.41. The number of aliphatic carboxylic acids is 1. The molecule has 0 aliphatic carbocycles. The zero-order valence-corrected chi connectivity index (χ0v) is 9.44. The first-order chi connectivity index (χ1) is 7.53. The Morgan fingerprint density at radius 2 is 2.12 bits per heavy atom. The van der Waals surface area contributed by atoms with E-state index in [0.29, 0.717) is 19.8 Å². The van der Waals surface area contributed by atoms with E-state index in [2.05, 4.69) is 0 Å². The first kappa shape index (κ1) is 11.4. The monoisotopic (exact) mass is 227 g/mol. The van der Waals surface area contributed by atoms with Gasteiger partial charge in [0.2, 0.25) is 5.91 Å². The predicted molar refractivity (Wildman–Crippen MR) is 55.9 cm³/mol. The highest BCUT2D eigenvalue weighted by atomic mass is 16.5. The SMILES string of the molecule is CC1(N2CC(C(=O)O)CC2=O)CCOCC1. The topological polar surface area (TPSA) is 66.8 Å². The number of carbonyl (C=O) groups excluding carboxylic acids is 1. The van der Waals surface area contributed by atoms with Crippen LogP contribution in [0.25, 0.3) is 0 Å². The van der Waals surface area contributed by atoms with Gasteiger partial charge < -0.3 is 14.7 Å². The third-order valence-electron chi connectivity index (χ3n) is 3.70. The fourth-order valence-electron chi connectivity index (χ4n) is 2.48. The summed E-state index contributed by atoms with van der Waals surface area (Å²) in [6.07, 6.45) is 1.74. The van der Waals surface area contributed by atoms with Crippen LogP contribution in [0.3, 0.4) is 0 Å². The molecule has 1 unspecified atom stereocenters. The van der Waals surface area contributed by atoms with Crippen molar-refractivity contribution in [3.05, 3.63) is 0 Å². The van der Waals surface area contributed by atoms with Crippen LogP contribution in [0.2, 0.25) is 0 Å². The molecule has 0 radical (unpaired) electrons. The maximum atomic E-state index is 11.8. The summed E-state index contributed by atoms with van der Waals surface area (Å²) in [6.45, 7) is 3.68. The molecular formula is C11H17NO4. The van der Waals surface area contributed by atoms with Gasteiger partial charge in [0.1, 0.15) is 0 Å². The Morgan fingerprint density at radius 3 is 2.62 bits per heavy atom. The second kappa shape index (κ2) is 4.05. The number of hydrogen-bond donors (Lipinski definition) is 1. The average molecular weight is 227 g/mol. The van der Waals surface area contributed by atoms with Crippen LogP contribution in [-0.2, 0) is 14.3 Å². The van der Waals surface area contributed by atoms with Crippen LogP contribution in [-0.4, -0.2) is 47.2 Å². The summed E-state index contributed by atoms with van der Waals surface area (Å²) in [5, 5.41) is 8.93. The third kappa shape index (κ3) is 1.91. The minimum atomic E-state index is -0.869. The molecule has 1 atom stereocenters. The fourth-order valence-corrected chi connectivity index (χ4v) is 2.48. The van der Waals surface area contributed by atoms with Crippen LogP contribution in [0.15, 0.2) is 0 Å². The molecule has 0 spiro atoms. The molecule has 1 N–H and O–H groups in total. The summed E-state index contributed by atoms with van der Waals surface area (Å²) < 4.78 is 5.28. The van der Waals surface area contributed by atoms with Gasteiger partial charge in [-0.05, 0) is 19.8 Å². The Kier molecular flexibility index (Phi) is 2.88. The normalized spacial score (nSPS) is 29.4. The third-order valence-corrected chi connectivity index (χ3v) is 3.70. The van der Waals surface area contributed by atoms with Gasteiger partial charge in [-0.25, -0.2) is 0 Å². The highest BCUT2D eigenvalue weighted by Crippen LogP contribution is 2.33. The van der Waals surface area contributed by atoms with Crippen LogP contribution < -0.4 is 0 Å². The second-order valence-electron chi connectivity index (χ2n) is 4.85. The molecule has 0 bridgehead atoms. The van der Waals surface area contributed by atoms with Gasteiger partial charge in [-0.2, -0.15) is 0 Å². The van der Waals surface area contributed by atoms with Crippen molar-refractivity contribution in [2.75, 3.05) is 19.8 Å². The molecule has 0 aromatic carbocycles. The second-order valence-corrected chi connectivity index (χ2v) is 4.85. The van der Waals surface area contributed by atoms with Crippen molar-refractivity contribution in [1.29, 1.82) is 0 Å². The molecule has 0 aromatic rings. The van der Waals surface area contributed by atoms with E-state index in [1.165, 1.54) is 0 Å². The molecule has 1 amide bonds. The number of carbonyl (C=O) groups is 2. The van der Waals surface area contributed by atoms with Gasteiger partial charge in [-0.1, -0.05) is 0 Å². The molecule has 0 saturated carbocycles. The summed E-state index contributed by atoms with van der Waals surface area (Å²) in [4.78, 5) is 24.4. The van der Waals surface area contributed by atoms with Crippen LogP contribution >= 0.6 is 0 Å². The Labute approximate surface area is 94.4 Å². The van der Waals surface area contributed by atoms with E-state index in [0.717, 1.165) is 12.8 Å². The molecular weight excluding hydrogens is 210 g/mol. The smallest absolute Gasteiger partial charge is 0.308 e. The van der Waals surface area contributed by atoms with Crippen molar-refractivity contribution in [2.45, 2.75) is 31.7 Å². The van der Waals surface area contributed by atoms with Gasteiger partial charge in [0.25, 0.3) is 0 Å². The van der Waals surface area contributed by atoms with E-state index in [9.17, 15) is 9.59 Å². The van der Waals surface area contributed by atoms with Gasteiger partial charge in [0.05, 0.1) is 5.92 Å². The number of carboxylic acid groups (broad SMARTS) is 1. The molecule has 2 aliphatic rings. The number of likely N-dealkylation sites (tertiary alicyclic amines) is 1. The van der Waals surface area contributed by atoms with E-state index in [-0.39, 0.29) is 17.9 Å². The van der Waals surface area contributed by atoms with Crippen LogP contribution in [0.5, 0.6) is 0 Å². The molecule has 16 heavy (non-hydrogen) atoms. The lowest BCUT2D eigenvalue weighted by atomic mass is 9.90. The van der Waals surface area contributed by atoms with E-state index < -0.39 is 11.9 Å². The first-order valence-corrected chi connectivity index (χ1v) is 5.64. The Balaban J connectivity index is 2.09. The van der Waals surface area contributed by atoms with Gasteiger partial charge in [-0.3, -0.25) is 9.59 Å². The fraction of sp³-hybridized carbons (Fsp3) is 0.818. The molecule has 0 aromatic heterocycles. The number of hydrogen-bond acceptors (Lipinski definition) is 3. The van der Waals surface area contributed by atoms with Crippen molar-refractivity contribution in [3.8, 4) is 0 Å². The summed E-state index contributed by atoms with van der Waals surface area (Å²) >= 11 is 0. The number of carboxylic acids is 1. The van der Waals surface area contributed by atoms with Crippen molar-refractivity contribution in [3.63, 3.8) is 0 Å². The summed E-state index contributed by atoms with van der Waals surface area (Å²) in [5.74, 6) is -1.43. The van der Waals surface area contributed by atoms with Crippen LogP contribution in [0.4, 0.5) is 0 Å². The van der Waals surface area contributed by atoms with E-state index in [1.54, 1.807) is 4.90 Å². The van der Waals surface area contributed by atoms with Crippen LogP contribution in [0.1, 0.15) is 26.2 Å². The van der Waals surface area contributed by atoms with E-state index in [4.69, 9.17) is 9.84 Å². The van der Waals surface area contributed by atoms with Gasteiger partial charge in [0.15, 0.2) is 0 Å². The molecule has 2 fully saturated rings. The Bertz CT molecular complexity index is 309. The first-order valence-electron chi connectivity index (χ1n) is 5.64. The van der Waals surface area contributed by atoms with Crippen molar-refractivity contribution in [2.24, 2.45) is 5.92 Å². The Morgan fingerprint density at radius 1 is 1.50 bits per heavy atom. The number of ether oxygens (including phenoxy) is 1. The molecule has 2 saturated heterocycles. The zero-order valence-electron chi connectivity index (χ0n) is 9.44. The summed E-state index contributed by atoms with van der Waals surface area (Å²) in [5.41, 5.74) is -0.209. The van der Waals surface area contributed by atoms with Crippen molar-refractivity contribution < 1.29 is 19.4 Å². The highest BCUT2D eigenvalue weighted by molar-refractivity contribution is 5.86. The van der Waals surface area contributed by atoms with Gasteiger partial charge >= 0.3 is 5.97 Å². The maximum absolute atomic E-state index is 11.8. The maximum Gasteiger partial charge on any atom is 0.308 e. The minimum Gasteiger partial charge on any atom is -0.481 e. The zero-order chi connectivity index (χ0) is 11.8. The van der Waals surface area contributed by atoms with Crippen LogP contribution in [0, 0.1) is 5.92 Å². The highest BCUT2D eigenvalue weighted by Gasteiger charge is 2.44.